The molecular weight excluding hydrogens is 440 g/mol. The highest BCUT2D eigenvalue weighted by Crippen LogP contribution is 2.36. The number of hydrogen-bond donors (Lipinski definition) is 1. The summed E-state index contributed by atoms with van der Waals surface area (Å²) in [7, 11) is 0. The molecular formula is C25H19ClN4O3. The molecule has 5 aromatic rings. The van der Waals surface area contributed by atoms with Gasteiger partial charge in [0.05, 0.1) is 29.5 Å². The van der Waals surface area contributed by atoms with E-state index in [0.29, 0.717) is 29.6 Å². The van der Waals surface area contributed by atoms with Gasteiger partial charge in [0.2, 0.25) is 0 Å². The Labute approximate surface area is 194 Å². The first-order valence-electron chi connectivity index (χ1n) is 10.4. The van der Waals surface area contributed by atoms with Crippen LogP contribution in [0, 0.1) is 0 Å². The molecule has 0 aliphatic rings. The zero-order chi connectivity index (χ0) is 22.8. The lowest BCUT2D eigenvalue weighted by molar-refractivity contribution is 0.321. The molecule has 2 heterocycles. The van der Waals surface area contributed by atoms with E-state index >= 15 is 0 Å². The number of aromatic amines is 1. The maximum absolute atomic E-state index is 12.8. The summed E-state index contributed by atoms with van der Waals surface area (Å²) in [5.74, 6) is 1.77. The number of benzene rings is 3. The van der Waals surface area contributed by atoms with Crippen LogP contribution in [0.5, 0.6) is 17.2 Å². The molecule has 0 aliphatic heterocycles. The number of rotatable bonds is 6. The van der Waals surface area contributed by atoms with E-state index in [4.69, 9.17) is 21.1 Å². The number of hydrogen-bond acceptors (Lipinski definition) is 5. The molecule has 5 rings (SSSR count). The number of aromatic nitrogens is 4. The predicted octanol–water partition coefficient (Wildman–Crippen LogP) is 5.62. The van der Waals surface area contributed by atoms with Crippen molar-refractivity contribution in [1.29, 1.82) is 0 Å². The third kappa shape index (κ3) is 4.06. The van der Waals surface area contributed by atoms with E-state index in [1.54, 1.807) is 18.2 Å². The summed E-state index contributed by atoms with van der Waals surface area (Å²) in [6, 6.07) is 22.3. The number of ether oxygens (including phenoxy) is 2. The van der Waals surface area contributed by atoms with Gasteiger partial charge in [0.15, 0.2) is 22.3 Å². The van der Waals surface area contributed by atoms with Crippen molar-refractivity contribution in [1.82, 2.24) is 19.7 Å². The van der Waals surface area contributed by atoms with Gasteiger partial charge in [-0.25, -0.2) is 4.98 Å². The van der Waals surface area contributed by atoms with E-state index in [0.717, 1.165) is 16.6 Å². The molecule has 164 valence electrons. The molecule has 0 amide bonds. The fourth-order valence-corrected chi connectivity index (χ4v) is 3.63. The van der Waals surface area contributed by atoms with E-state index in [2.05, 4.69) is 15.1 Å². The van der Waals surface area contributed by atoms with Gasteiger partial charge in [-0.05, 0) is 49.4 Å². The summed E-state index contributed by atoms with van der Waals surface area (Å²) in [5, 5.41) is 4.14. The lowest BCUT2D eigenvalue weighted by Crippen LogP contribution is -2.21. The number of para-hydroxylation sites is 3. The number of halogens is 1. The normalized spacial score (nSPS) is 11.0. The van der Waals surface area contributed by atoms with Crippen molar-refractivity contribution in [2.75, 3.05) is 6.61 Å². The number of imidazole rings is 1. The number of H-pyrrole nitrogens is 1. The fraction of sp³-hybridized carbons (Fsp3) is 0.0800. The monoisotopic (exact) mass is 458 g/mol. The van der Waals surface area contributed by atoms with E-state index in [-0.39, 0.29) is 10.8 Å². The molecule has 0 fully saturated rings. The lowest BCUT2D eigenvalue weighted by atomic mass is 10.2. The van der Waals surface area contributed by atoms with Gasteiger partial charge >= 0.3 is 0 Å². The van der Waals surface area contributed by atoms with Gasteiger partial charge in [0.25, 0.3) is 5.56 Å². The largest absolute Gasteiger partial charge is 0.490 e. The first kappa shape index (κ1) is 20.8. The van der Waals surface area contributed by atoms with Crippen LogP contribution in [0.25, 0.3) is 28.1 Å². The Morgan fingerprint density at radius 2 is 1.76 bits per heavy atom. The van der Waals surface area contributed by atoms with E-state index in [1.807, 2.05) is 61.5 Å². The van der Waals surface area contributed by atoms with E-state index < -0.39 is 5.56 Å². The Morgan fingerprint density at radius 3 is 2.55 bits per heavy atom. The van der Waals surface area contributed by atoms with Gasteiger partial charge in [-0.2, -0.15) is 9.78 Å². The zero-order valence-electron chi connectivity index (χ0n) is 17.7. The second kappa shape index (κ2) is 8.80. The van der Waals surface area contributed by atoms with Gasteiger partial charge < -0.3 is 14.5 Å². The maximum Gasteiger partial charge on any atom is 0.294 e. The van der Waals surface area contributed by atoms with Crippen LogP contribution in [-0.2, 0) is 0 Å². The highest BCUT2D eigenvalue weighted by Gasteiger charge is 2.16. The van der Waals surface area contributed by atoms with Crippen LogP contribution in [-0.4, -0.2) is 26.4 Å². The average Bonchev–Trinajstić information content (AvgIpc) is 3.28. The number of nitrogens with one attached hydrogen (secondary N) is 1. The second-order valence-electron chi connectivity index (χ2n) is 7.17. The Balaban J connectivity index is 1.49. The first-order valence-corrected chi connectivity index (χ1v) is 10.7. The summed E-state index contributed by atoms with van der Waals surface area (Å²) in [4.78, 5) is 20.7. The number of fused-ring (bicyclic) bond motifs is 1. The van der Waals surface area contributed by atoms with Gasteiger partial charge in [0, 0.05) is 5.56 Å². The van der Waals surface area contributed by atoms with Gasteiger partial charge in [-0.3, -0.25) is 4.79 Å². The minimum atomic E-state index is -0.475. The van der Waals surface area contributed by atoms with Crippen LogP contribution in [0.1, 0.15) is 6.92 Å². The molecule has 0 saturated carbocycles. The van der Waals surface area contributed by atoms with Crippen LogP contribution in [0.15, 0.2) is 83.8 Å². The highest BCUT2D eigenvalue weighted by molar-refractivity contribution is 6.31. The Bertz CT molecular complexity index is 1460. The third-order valence-electron chi connectivity index (χ3n) is 5.01. The molecule has 0 aliphatic carbocycles. The second-order valence-corrected chi connectivity index (χ2v) is 7.55. The van der Waals surface area contributed by atoms with Gasteiger partial charge in [-0.15, -0.1) is 0 Å². The SMILES string of the molecule is CCOc1cc(-c2nc3ccccc3[nH]2)ccc1Oc1cnn(-c2ccccc2)c(=O)c1Cl. The summed E-state index contributed by atoms with van der Waals surface area (Å²) in [5.41, 5.74) is 2.80. The van der Waals surface area contributed by atoms with Crippen LogP contribution in [0.2, 0.25) is 5.02 Å². The van der Waals surface area contributed by atoms with Crippen LogP contribution >= 0.6 is 11.6 Å². The van der Waals surface area contributed by atoms with Crippen LogP contribution in [0.4, 0.5) is 0 Å². The summed E-state index contributed by atoms with van der Waals surface area (Å²) < 4.78 is 13.0. The minimum Gasteiger partial charge on any atom is -0.490 e. The van der Waals surface area contributed by atoms with Crippen LogP contribution in [0.3, 0.4) is 0 Å². The summed E-state index contributed by atoms with van der Waals surface area (Å²) in [6.07, 6.45) is 1.42. The molecule has 8 heteroatoms. The van der Waals surface area contributed by atoms with Crippen molar-refractivity contribution < 1.29 is 9.47 Å². The van der Waals surface area contributed by atoms with E-state index in [9.17, 15) is 4.79 Å². The molecule has 1 N–H and O–H groups in total. The van der Waals surface area contributed by atoms with Crippen molar-refractivity contribution in [2.45, 2.75) is 6.92 Å². The molecule has 0 saturated heterocycles. The fourth-order valence-electron chi connectivity index (χ4n) is 3.46. The minimum absolute atomic E-state index is 0.0716. The summed E-state index contributed by atoms with van der Waals surface area (Å²) >= 11 is 6.35. The lowest BCUT2D eigenvalue weighted by Gasteiger charge is -2.14. The summed E-state index contributed by atoms with van der Waals surface area (Å²) in [6.45, 7) is 2.31. The average molecular weight is 459 g/mol. The molecule has 0 spiro atoms. The van der Waals surface area contributed by atoms with Crippen molar-refractivity contribution >= 4 is 22.6 Å². The quantitative estimate of drug-likeness (QED) is 0.357. The van der Waals surface area contributed by atoms with Crippen molar-refractivity contribution in [3.63, 3.8) is 0 Å². The zero-order valence-corrected chi connectivity index (χ0v) is 18.4. The maximum atomic E-state index is 12.8. The van der Waals surface area contributed by atoms with Crippen LogP contribution < -0.4 is 15.0 Å². The molecule has 0 unspecified atom stereocenters. The molecule has 3 aromatic carbocycles. The molecule has 0 radical (unpaired) electrons. The van der Waals surface area contributed by atoms with Crippen molar-refractivity contribution in [2.24, 2.45) is 0 Å². The molecule has 33 heavy (non-hydrogen) atoms. The Morgan fingerprint density at radius 1 is 0.970 bits per heavy atom. The van der Waals surface area contributed by atoms with Gasteiger partial charge in [0.1, 0.15) is 5.82 Å². The van der Waals surface area contributed by atoms with E-state index in [1.165, 1.54) is 10.9 Å². The third-order valence-corrected chi connectivity index (χ3v) is 5.36. The standard InChI is InChI=1S/C25H19ClN4O3/c1-2-32-21-14-16(24-28-18-10-6-7-11-19(18)29-24)12-13-20(21)33-22-15-27-30(25(31)23(22)26)17-8-4-3-5-9-17/h3-15H,2H2,1H3,(H,28,29). The Hall–Kier alpha value is -4.10. The Kier molecular flexibility index (Phi) is 5.54. The number of nitrogens with zero attached hydrogens (tertiary/aromatic N) is 3. The van der Waals surface area contributed by atoms with Gasteiger partial charge in [-0.1, -0.05) is 41.9 Å². The first-order chi connectivity index (χ1) is 16.1. The van der Waals surface area contributed by atoms with Crippen molar-refractivity contribution in [3.05, 3.63) is 94.4 Å². The highest BCUT2D eigenvalue weighted by atomic mass is 35.5. The molecule has 7 nitrogen and oxygen atoms in total. The van der Waals surface area contributed by atoms with Crippen molar-refractivity contribution in [3.8, 4) is 34.3 Å². The molecule has 0 bridgehead atoms. The smallest absolute Gasteiger partial charge is 0.294 e. The molecule has 0 atom stereocenters. The topological polar surface area (TPSA) is 82.0 Å². The predicted molar refractivity (Wildman–Crippen MR) is 128 cm³/mol. The molecule has 2 aromatic heterocycles.